The van der Waals surface area contributed by atoms with Crippen LogP contribution in [0.3, 0.4) is 0 Å². The van der Waals surface area contributed by atoms with E-state index in [4.69, 9.17) is 5.11 Å². The third kappa shape index (κ3) is 5.21. The average molecular weight is 267 g/mol. The summed E-state index contributed by atoms with van der Waals surface area (Å²) in [5, 5.41) is 8.60. The molecule has 0 saturated carbocycles. The van der Waals surface area contributed by atoms with Gasteiger partial charge in [-0.15, -0.1) is 0 Å². The first-order valence-electron chi connectivity index (χ1n) is 5.77. The van der Waals surface area contributed by atoms with Crippen LogP contribution in [0, 0.1) is 11.8 Å². The number of hydrogen-bond acceptors (Lipinski definition) is 3. The van der Waals surface area contributed by atoms with E-state index in [1.54, 1.807) is 24.3 Å². The largest absolute Gasteiger partial charge is 0.384 e. The number of unbranched alkanes of at least 4 members (excludes halogenated alkanes) is 1. The lowest BCUT2D eigenvalue weighted by molar-refractivity contribution is 0.350. The number of hydrogen-bond donors (Lipinski definition) is 2. The highest BCUT2D eigenvalue weighted by atomic mass is 32.2. The van der Waals surface area contributed by atoms with Crippen molar-refractivity contribution in [1.29, 1.82) is 0 Å². The Labute approximate surface area is 108 Å². The van der Waals surface area contributed by atoms with Crippen LogP contribution in [0.2, 0.25) is 0 Å². The maximum Gasteiger partial charge on any atom is 0.232 e. The van der Waals surface area contributed by atoms with Crippen molar-refractivity contribution >= 4 is 15.7 Å². The Bertz CT molecular complexity index is 541. The van der Waals surface area contributed by atoms with Crippen LogP contribution in [0.25, 0.3) is 0 Å². The second-order valence-corrected chi connectivity index (χ2v) is 5.66. The van der Waals surface area contributed by atoms with Gasteiger partial charge in [0.2, 0.25) is 10.0 Å². The van der Waals surface area contributed by atoms with E-state index in [9.17, 15) is 8.42 Å². The molecule has 1 aromatic carbocycles. The molecule has 0 fully saturated rings. The number of nitrogens with one attached hydrogen (secondary N) is 1. The monoisotopic (exact) mass is 267 g/mol. The molecule has 0 radical (unpaired) electrons. The van der Waals surface area contributed by atoms with Gasteiger partial charge in [-0.1, -0.05) is 31.3 Å². The second-order valence-electron chi connectivity index (χ2n) is 3.82. The molecule has 0 amide bonds. The fourth-order valence-corrected chi connectivity index (χ4v) is 2.62. The first-order valence-corrected chi connectivity index (χ1v) is 7.43. The average Bonchev–Trinajstić information content (AvgIpc) is 2.34. The zero-order valence-corrected chi connectivity index (χ0v) is 11.1. The van der Waals surface area contributed by atoms with Crippen LogP contribution < -0.4 is 4.72 Å². The van der Waals surface area contributed by atoms with Gasteiger partial charge in [0.15, 0.2) is 0 Å². The van der Waals surface area contributed by atoms with E-state index in [1.807, 2.05) is 6.92 Å². The molecular weight excluding hydrogens is 250 g/mol. The van der Waals surface area contributed by atoms with Gasteiger partial charge in [-0.3, -0.25) is 4.72 Å². The second kappa shape index (κ2) is 7.04. The van der Waals surface area contributed by atoms with Gasteiger partial charge in [0.1, 0.15) is 6.61 Å². The molecule has 0 aromatic heterocycles. The van der Waals surface area contributed by atoms with Crippen molar-refractivity contribution in [2.75, 3.05) is 17.1 Å². The van der Waals surface area contributed by atoms with Crippen molar-refractivity contribution in [3.8, 4) is 11.8 Å². The Hall–Kier alpha value is -1.51. The fraction of sp³-hybridized carbons (Fsp3) is 0.385. The minimum absolute atomic E-state index is 0.121. The third-order valence-corrected chi connectivity index (χ3v) is 3.59. The summed E-state index contributed by atoms with van der Waals surface area (Å²) >= 11 is 0. The summed E-state index contributed by atoms with van der Waals surface area (Å²) in [5.41, 5.74) is 1.16. The standard InChI is InChI=1S/C13H17NO3S/c1-2-3-10-18(16,17)14-13-8-4-6-12(11-13)7-5-9-15/h4,6,8,11,14-15H,2-3,9-10H2,1H3. The van der Waals surface area contributed by atoms with Crippen molar-refractivity contribution in [3.63, 3.8) is 0 Å². The molecule has 0 bridgehead atoms. The van der Waals surface area contributed by atoms with Gasteiger partial charge in [0.05, 0.1) is 5.75 Å². The van der Waals surface area contributed by atoms with E-state index in [1.165, 1.54) is 0 Å². The van der Waals surface area contributed by atoms with E-state index < -0.39 is 10.0 Å². The molecule has 0 spiro atoms. The Balaban J connectivity index is 2.79. The highest BCUT2D eigenvalue weighted by molar-refractivity contribution is 7.92. The molecule has 0 atom stereocenters. The Morgan fingerprint density at radius 2 is 2.17 bits per heavy atom. The van der Waals surface area contributed by atoms with Crippen molar-refractivity contribution in [2.45, 2.75) is 19.8 Å². The lowest BCUT2D eigenvalue weighted by Gasteiger charge is -2.07. The summed E-state index contributed by atoms with van der Waals surface area (Å²) in [4.78, 5) is 0. The van der Waals surface area contributed by atoms with E-state index in [0.29, 0.717) is 17.7 Å². The van der Waals surface area contributed by atoms with Gasteiger partial charge in [-0.2, -0.15) is 0 Å². The predicted octanol–water partition coefficient (Wildman–Crippen LogP) is 1.57. The summed E-state index contributed by atoms with van der Waals surface area (Å²) in [7, 11) is -3.28. The summed E-state index contributed by atoms with van der Waals surface area (Å²) in [6.45, 7) is 1.73. The molecule has 0 aliphatic rings. The van der Waals surface area contributed by atoms with E-state index >= 15 is 0 Å². The molecule has 0 saturated heterocycles. The molecule has 0 heterocycles. The van der Waals surface area contributed by atoms with Gasteiger partial charge in [-0.05, 0) is 24.6 Å². The molecule has 5 heteroatoms. The number of aliphatic hydroxyl groups excluding tert-OH is 1. The maximum absolute atomic E-state index is 11.7. The molecule has 4 nitrogen and oxygen atoms in total. The lowest BCUT2D eigenvalue weighted by Crippen LogP contribution is -2.16. The smallest absolute Gasteiger partial charge is 0.232 e. The number of rotatable bonds is 5. The van der Waals surface area contributed by atoms with Crippen molar-refractivity contribution in [1.82, 2.24) is 0 Å². The first-order chi connectivity index (χ1) is 8.57. The van der Waals surface area contributed by atoms with E-state index in [-0.39, 0.29) is 12.4 Å². The van der Waals surface area contributed by atoms with Crippen molar-refractivity contribution in [3.05, 3.63) is 29.8 Å². The Morgan fingerprint density at radius 3 is 2.83 bits per heavy atom. The van der Waals surface area contributed by atoms with Crippen LogP contribution in [-0.4, -0.2) is 25.9 Å². The molecule has 98 valence electrons. The minimum atomic E-state index is -3.28. The van der Waals surface area contributed by atoms with Crippen molar-refractivity contribution in [2.24, 2.45) is 0 Å². The number of aliphatic hydroxyl groups is 1. The highest BCUT2D eigenvalue weighted by Crippen LogP contribution is 2.12. The summed E-state index contributed by atoms with van der Waals surface area (Å²) in [6, 6.07) is 6.80. The topological polar surface area (TPSA) is 66.4 Å². The van der Waals surface area contributed by atoms with E-state index in [2.05, 4.69) is 16.6 Å². The molecule has 0 unspecified atom stereocenters. The number of benzene rings is 1. The quantitative estimate of drug-likeness (QED) is 0.796. The molecule has 0 aliphatic carbocycles. The van der Waals surface area contributed by atoms with Crippen LogP contribution in [0.5, 0.6) is 0 Å². The lowest BCUT2D eigenvalue weighted by atomic mass is 10.2. The van der Waals surface area contributed by atoms with Gasteiger partial charge >= 0.3 is 0 Å². The first kappa shape index (κ1) is 14.6. The summed E-state index contributed by atoms with van der Waals surface area (Å²) < 4.78 is 25.9. The van der Waals surface area contributed by atoms with Crippen LogP contribution in [0.1, 0.15) is 25.3 Å². The Kier molecular flexibility index (Phi) is 5.69. The maximum atomic E-state index is 11.7. The number of anilines is 1. The van der Waals surface area contributed by atoms with E-state index in [0.717, 1.165) is 6.42 Å². The van der Waals surface area contributed by atoms with Gasteiger partial charge in [0, 0.05) is 11.3 Å². The SMILES string of the molecule is CCCCS(=O)(=O)Nc1cccc(C#CCO)c1. The Morgan fingerprint density at radius 1 is 1.39 bits per heavy atom. The van der Waals surface area contributed by atoms with Crippen molar-refractivity contribution < 1.29 is 13.5 Å². The van der Waals surface area contributed by atoms with Gasteiger partial charge < -0.3 is 5.11 Å². The molecule has 0 aliphatic heterocycles. The van der Waals surface area contributed by atoms with Crippen LogP contribution >= 0.6 is 0 Å². The predicted molar refractivity (Wildman–Crippen MR) is 72.7 cm³/mol. The zero-order valence-electron chi connectivity index (χ0n) is 10.3. The van der Waals surface area contributed by atoms with Crippen LogP contribution in [0.4, 0.5) is 5.69 Å². The molecule has 18 heavy (non-hydrogen) atoms. The molecule has 1 aromatic rings. The zero-order chi connectivity index (χ0) is 13.4. The third-order valence-electron chi connectivity index (χ3n) is 2.21. The molecule has 1 rings (SSSR count). The van der Waals surface area contributed by atoms with Crippen LogP contribution in [-0.2, 0) is 10.0 Å². The summed E-state index contributed by atoms with van der Waals surface area (Å²) in [5.74, 6) is 5.37. The summed E-state index contributed by atoms with van der Waals surface area (Å²) in [6.07, 6.45) is 1.47. The normalized spacial score (nSPS) is 10.6. The van der Waals surface area contributed by atoms with Gasteiger partial charge in [0.25, 0.3) is 0 Å². The van der Waals surface area contributed by atoms with Gasteiger partial charge in [-0.25, -0.2) is 8.42 Å². The molecular formula is C13H17NO3S. The fourth-order valence-electron chi connectivity index (χ4n) is 1.37. The highest BCUT2D eigenvalue weighted by Gasteiger charge is 2.09. The minimum Gasteiger partial charge on any atom is -0.384 e. The molecule has 2 N–H and O–H groups in total. The van der Waals surface area contributed by atoms with Crippen LogP contribution in [0.15, 0.2) is 24.3 Å². The number of sulfonamides is 1.